The molecule has 0 bridgehead atoms. The van der Waals surface area contributed by atoms with Crippen molar-refractivity contribution in [1.29, 1.82) is 0 Å². The molecule has 0 heterocycles. The molecule has 5 heteroatoms. The predicted octanol–water partition coefficient (Wildman–Crippen LogP) is 3.96. The molecule has 2 unspecified atom stereocenters. The quantitative estimate of drug-likeness (QED) is 0.785. The number of hydrogen-bond acceptors (Lipinski definition) is 2. The number of nitrogens with one attached hydrogen (secondary N) is 1. The topological polar surface area (TPSA) is 29.1 Å². The molecular formula is C13H15ClINOS. The van der Waals surface area contributed by atoms with Crippen molar-refractivity contribution in [3.63, 3.8) is 0 Å². The van der Waals surface area contributed by atoms with Crippen molar-refractivity contribution in [1.82, 2.24) is 5.32 Å². The zero-order chi connectivity index (χ0) is 13.1. The van der Waals surface area contributed by atoms with Crippen LogP contribution in [0.5, 0.6) is 0 Å². The minimum Gasteiger partial charge on any atom is -0.349 e. The highest BCUT2D eigenvalue weighted by Gasteiger charge is 2.25. The third-order valence-electron chi connectivity index (χ3n) is 3.23. The molecule has 2 atom stereocenters. The Morgan fingerprint density at radius 2 is 2.28 bits per heavy atom. The first kappa shape index (κ1) is 14.5. The average molecular weight is 396 g/mol. The summed E-state index contributed by atoms with van der Waals surface area (Å²) < 4.78 is 0.939. The lowest BCUT2D eigenvalue weighted by atomic mass is 10.2. The van der Waals surface area contributed by atoms with Crippen molar-refractivity contribution in [2.24, 2.45) is 0 Å². The Morgan fingerprint density at radius 3 is 2.94 bits per heavy atom. The van der Waals surface area contributed by atoms with Gasteiger partial charge in [-0.1, -0.05) is 11.6 Å². The Kier molecular flexibility index (Phi) is 5.21. The summed E-state index contributed by atoms with van der Waals surface area (Å²) in [6, 6.07) is 5.72. The first-order chi connectivity index (χ1) is 8.60. The SMILES string of the molecule is CSC1CCC(NC(=O)c2cc(Cl)ccc2I)C1. The molecule has 1 amide bonds. The number of benzene rings is 1. The molecule has 98 valence electrons. The van der Waals surface area contributed by atoms with Crippen LogP contribution >= 0.6 is 46.0 Å². The summed E-state index contributed by atoms with van der Waals surface area (Å²) in [5.41, 5.74) is 0.677. The van der Waals surface area contributed by atoms with E-state index in [1.807, 2.05) is 17.8 Å². The molecule has 2 nitrogen and oxygen atoms in total. The van der Waals surface area contributed by atoms with Crippen molar-refractivity contribution < 1.29 is 4.79 Å². The number of amides is 1. The third kappa shape index (κ3) is 3.54. The van der Waals surface area contributed by atoms with Gasteiger partial charge in [0.15, 0.2) is 0 Å². The second-order valence-corrected chi connectivity index (χ2v) is 7.20. The summed E-state index contributed by atoms with van der Waals surface area (Å²) in [4.78, 5) is 12.2. The van der Waals surface area contributed by atoms with E-state index in [9.17, 15) is 4.79 Å². The maximum absolute atomic E-state index is 12.2. The first-order valence-corrected chi connectivity index (χ1v) is 8.63. The maximum atomic E-state index is 12.2. The standard InChI is InChI=1S/C13H15ClINOS/c1-18-10-4-3-9(7-10)16-13(17)11-6-8(14)2-5-12(11)15/h2,5-6,9-10H,3-4,7H2,1H3,(H,16,17). The maximum Gasteiger partial charge on any atom is 0.252 e. The van der Waals surface area contributed by atoms with Gasteiger partial charge in [0.1, 0.15) is 0 Å². The van der Waals surface area contributed by atoms with Crippen LogP contribution in [0.25, 0.3) is 0 Å². The Bertz CT molecular complexity index is 455. The number of rotatable bonds is 3. The first-order valence-electron chi connectivity index (χ1n) is 5.89. The van der Waals surface area contributed by atoms with Gasteiger partial charge in [0, 0.05) is 19.9 Å². The molecule has 0 spiro atoms. The van der Waals surface area contributed by atoms with Gasteiger partial charge in [-0.15, -0.1) is 0 Å². The molecule has 1 saturated carbocycles. The molecule has 18 heavy (non-hydrogen) atoms. The molecular weight excluding hydrogens is 381 g/mol. The minimum absolute atomic E-state index is 0.00588. The van der Waals surface area contributed by atoms with E-state index in [4.69, 9.17) is 11.6 Å². The van der Waals surface area contributed by atoms with E-state index < -0.39 is 0 Å². The van der Waals surface area contributed by atoms with Crippen molar-refractivity contribution in [2.75, 3.05) is 6.26 Å². The van der Waals surface area contributed by atoms with Gasteiger partial charge in [-0.3, -0.25) is 4.79 Å². The van der Waals surface area contributed by atoms with Gasteiger partial charge >= 0.3 is 0 Å². The van der Waals surface area contributed by atoms with Crippen molar-refractivity contribution in [3.05, 3.63) is 32.4 Å². The third-order valence-corrected chi connectivity index (χ3v) is 5.50. The fourth-order valence-electron chi connectivity index (χ4n) is 2.22. The molecule has 2 rings (SSSR count). The molecule has 1 fully saturated rings. The van der Waals surface area contributed by atoms with E-state index in [1.165, 1.54) is 6.42 Å². The van der Waals surface area contributed by atoms with Gasteiger partial charge in [-0.2, -0.15) is 11.8 Å². The zero-order valence-electron chi connectivity index (χ0n) is 10.1. The molecule has 1 aromatic carbocycles. The molecule has 0 aliphatic heterocycles. The van der Waals surface area contributed by atoms with Crippen molar-refractivity contribution in [2.45, 2.75) is 30.6 Å². The Balaban J connectivity index is 2.02. The Hall–Kier alpha value is 0.0600. The van der Waals surface area contributed by atoms with Gasteiger partial charge < -0.3 is 5.32 Å². The lowest BCUT2D eigenvalue weighted by molar-refractivity contribution is 0.0937. The van der Waals surface area contributed by atoms with Gasteiger partial charge in [-0.05, 0) is 66.3 Å². The van der Waals surface area contributed by atoms with Crippen LogP contribution in [0, 0.1) is 3.57 Å². The lowest BCUT2D eigenvalue weighted by Gasteiger charge is -2.13. The number of halogens is 2. The largest absolute Gasteiger partial charge is 0.349 e. The van der Waals surface area contributed by atoms with E-state index in [0.717, 1.165) is 16.4 Å². The lowest BCUT2D eigenvalue weighted by Crippen LogP contribution is -2.33. The second kappa shape index (κ2) is 6.48. The van der Waals surface area contributed by atoms with Crippen LogP contribution in [0.2, 0.25) is 5.02 Å². The molecule has 0 saturated heterocycles. The van der Waals surface area contributed by atoms with Gasteiger partial charge in [0.2, 0.25) is 0 Å². The minimum atomic E-state index is -0.00588. The Morgan fingerprint density at radius 1 is 1.50 bits per heavy atom. The molecule has 1 aromatic rings. The summed E-state index contributed by atoms with van der Waals surface area (Å²) in [5, 5.41) is 4.41. The molecule has 0 radical (unpaired) electrons. The second-order valence-electron chi connectivity index (χ2n) is 4.47. The molecule has 1 aliphatic carbocycles. The molecule has 1 N–H and O–H groups in total. The fraction of sp³-hybridized carbons (Fsp3) is 0.462. The van der Waals surface area contributed by atoms with E-state index in [0.29, 0.717) is 21.9 Å². The van der Waals surface area contributed by atoms with Crippen LogP contribution in [0.4, 0.5) is 0 Å². The van der Waals surface area contributed by atoms with E-state index >= 15 is 0 Å². The number of carbonyl (C=O) groups excluding carboxylic acids is 1. The summed E-state index contributed by atoms with van der Waals surface area (Å²) in [5.74, 6) is -0.00588. The van der Waals surface area contributed by atoms with Crippen LogP contribution in [0.15, 0.2) is 18.2 Å². The monoisotopic (exact) mass is 395 g/mol. The highest BCUT2D eigenvalue weighted by atomic mass is 127. The molecule has 0 aromatic heterocycles. The average Bonchev–Trinajstić information content (AvgIpc) is 2.80. The van der Waals surface area contributed by atoms with E-state index in [-0.39, 0.29) is 5.91 Å². The normalized spacial score (nSPS) is 23.1. The summed E-state index contributed by atoms with van der Waals surface area (Å²) in [6.07, 6.45) is 5.48. The van der Waals surface area contributed by atoms with Gasteiger partial charge in [0.05, 0.1) is 5.56 Å². The van der Waals surface area contributed by atoms with Gasteiger partial charge in [0.25, 0.3) is 5.91 Å². The van der Waals surface area contributed by atoms with Gasteiger partial charge in [-0.25, -0.2) is 0 Å². The van der Waals surface area contributed by atoms with Crippen LogP contribution in [0.1, 0.15) is 29.6 Å². The van der Waals surface area contributed by atoms with Crippen LogP contribution in [-0.4, -0.2) is 23.5 Å². The van der Waals surface area contributed by atoms with E-state index in [1.54, 1.807) is 12.1 Å². The summed E-state index contributed by atoms with van der Waals surface area (Å²) in [6.45, 7) is 0. The number of thioether (sulfide) groups is 1. The summed E-state index contributed by atoms with van der Waals surface area (Å²) >= 11 is 9.99. The number of hydrogen-bond donors (Lipinski definition) is 1. The smallest absolute Gasteiger partial charge is 0.252 e. The highest BCUT2D eigenvalue weighted by Crippen LogP contribution is 2.28. The van der Waals surface area contributed by atoms with E-state index in [2.05, 4.69) is 34.2 Å². The molecule has 1 aliphatic rings. The fourth-order valence-corrected chi connectivity index (χ4v) is 3.77. The van der Waals surface area contributed by atoms with Crippen molar-refractivity contribution >= 4 is 51.9 Å². The van der Waals surface area contributed by atoms with Crippen molar-refractivity contribution in [3.8, 4) is 0 Å². The highest BCUT2D eigenvalue weighted by molar-refractivity contribution is 14.1. The van der Waals surface area contributed by atoms with Crippen LogP contribution in [0.3, 0.4) is 0 Å². The number of carbonyl (C=O) groups is 1. The Labute approximate surface area is 130 Å². The van der Waals surface area contributed by atoms with Crippen LogP contribution in [-0.2, 0) is 0 Å². The van der Waals surface area contributed by atoms with Crippen LogP contribution < -0.4 is 5.32 Å². The zero-order valence-corrected chi connectivity index (χ0v) is 13.8. The predicted molar refractivity (Wildman–Crippen MR) is 86.6 cm³/mol. The summed E-state index contributed by atoms with van der Waals surface area (Å²) in [7, 11) is 0.